The molecule has 16 heavy (non-hydrogen) atoms. The molecule has 0 radical (unpaired) electrons. The zero-order valence-corrected chi connectivity index (χ0v) is 8.76. The summed E-state index contributed by atoms with van der Waals surface area (Å²) in [6.07, 6.45) is 3.20. The number of rotatable bonds is 2. The SMILES string of the molecule is O=c1ccn([C@@H]2CCC[C@@H](CO)O2)c(=O)[nH]1. The monoisotopic (exact) mass is 226 g/mol. The number of ether oxygens (including phenoxy) is 1. The summed E-state index contributed by atoms with van der Waals surface area (Å²) in [5.41, 5.74) is -0.896. The molecular weight excluding hydrogens is 212 g/mol. The lowest BCUT2D eigenvalue weighted by molar-refractivity contribution is -0.108. The van der Waals surface area contributed by atoms with Crippen LogP contribution in [0.4, 0.5) is 0 Å². The van der Waals surface area contributed by atoms with E-state index in [1.165, 1.54) is 16.8 Å². The lowest BCUT2D eigenvalue weighted by Gasteiger charge is -2.29. The molecule has 0 bridgehead atoms. The minimum absolute atomic E-state index is 0.0470. The lowest BCUT2D eigenvalue weighted by Crippen LogP contribution is -2.36. The molecule has 0 amide bonds. The van der Waals surface area contributed by atoms with Crippen LogP contribution in [0.5, 0.6) is 0 Å². The van der Waals surface area contributed by atoms with E-state index in [9.17, 15) is 9.59 Å². The fourth-order valence-electron chi connectivity index (χ4n) is 1.87. The van der Waals surface area contributed by atoms with E-state index < -0.39 is 17.5 Å². The number of aliphatic hydroxyl groups excluding tert-OH is 1. The molecule has 6 nitrogen and oxygen atoms in total. The summed E-state index contributed by atoms with van der Waals surface area (Å²) >= 11 is 0. The van der Waals surface area contributed by atoms with Crippen LogP contribution in [0.3, 0.4) is 0 Å². The number of aliphatic hydroxyl groups is 1. The number of hydrogen-bond donors (Lipinski definition) is 2. The normalized spacial score (nSPS) is 25.6. The van der Waals surface area contributed by atoms with Gasteiger partial charge in [-0.15, -0.1) is 0 Å². The topological polar surface area (TPSA) is 84.3 Å². The van der Waals surface area contributed by atoms with Crippen molar-refractivity contribution in [2.45, 2.75) is 31.6 Å². The van der Waals surface area contributed by atoms with Crippen molar-refractivity contribution in [3.63, 3.8) is 0 Å². The van der Waals surface area contributed by atoms with Crippen molar-refractivity contribution in [3.05, 3.63) is 33.1 Å². The van der Waals surface area contributed by atoms with Crippen LogP contribution in [0.1, 0.15) is 25.5 Å². The maximum absolute atomic E-state index is 11.5. The highest BCUT2D eigenvalue weighted by atomic mass is 16.5. The Morgan fingerprint density at radius 1 is 1.50 bits per heavy atom. The molecule has 2 N–H and O–H groups in total. The third kappa shape index (κ3) is 2.23. The summed E-state index contributed by atoms with van der Waals surface area (Å²) < 4.78 is 6.88. The van der Waals surface area contributed by atoms with Crippen LogP contribution < -0.4 is 11.2 Å². The van der Waals surface area contributed by atoms with Crippen LogP contribution in [0, 0.1) is 0 Å². The minimum Gasteiger partial charge on any atom is -0.394 e. The van der Waals surface area contributed by atoms with Crippen LogP contribution >= 0.6 is 0 Å². The fraction of sp³-hybridized carbons (Fsp3) is 0.600. The number of H-pyrrole nitrogens is 1. The standard InChI is InChI=1S/C10H14N2O4/c13-6-7-2-1-3-9(16-7)12-5-4-8(14)11-10(12)15/h4-5,7,9,13H,1-3,6H2,(H,11,14,15)/t7-,9-/m0/s1. The molecule has 1 aromatic rings. The van der Waals surface area contributed by atoms with E-state index in [1.807, 2.05) is 0 Å². The highest BCUT2D eigenvalue weighted by Gasteiger charge is 2.23. The summed E-state index contributed by atoms with van der Waals surface area (Å²) in [5, 5.41) is 9.00. The molecule has 1 fully saturated rings. The molecule has 1 aliphatic heterocycles. The van der Waals surface area contributed by atoms with E-state index in [1.54, 1.807) is 0 Å². The number of nitrogens with zero attached hydrogens (tertiary/aromatic N) is 1. The molecule has 2 atom stereocenters. The van der Waals surface area contributed by atoms with Gasteiger partial charge < -0.3 is 9.84 Å². The molecule has 88 valence electrons. The van der Waals surface area contributed by atoms with Gasteiger partial charge in [-0.3, -0.25) is 14.3 Å². The Bertz CT molecular complexity index is 464. The third-order valence-corrected chi connectivity index (χ3v) is 2.69. The van der Waals surface area contributed by atoms with Gasteiger partial charge in [-0.1, -0.05) is 0 Å². The van der Waals surface area contributed by atoms with Crippen molar-refractivity contribution in [2.24, 2.45) is 0 Å². The van der Waals surface area contributed by atoms with Gasteiger partial charge in [0.15, 0.2) is 0 Å². The Morgan fingerprint density at radius 2 is 2.31 bits per heavy atom. The van der Waals surface area contributed by atoms with E-state index in [0.29, 0.717) is 6.42 Å². The summed E-state index contributed by atoms with van der Waals surface area (Å²) in [4.78, 5) is 24.6. The largest absolute Gasteiger partial charge is 0.394 e. The second-order valence-electron chi connectivity index (χ2n) is 3.84. The first-order valence-corrected chi connectivity index (χ1v) is 5.28. The van der Waals surface area contributed by atoms with E-state index in [2.05, 4.69) is 4.98 Å². The van der Waals surface area contributed by atoms with Gasteiger partial charge in [0.05, 0.1) is 12.7 Å². The van der Waals surface area contributed by atoms with Crippen molar-refractivity contribution in [3.8, 4) is 0 Å². The molecule has 2 rings (SSSR count). The van der Waals surface area contributed by atoms with Gasteiger partial charge in [0.2, 0.25) is 0 Å². The van der Waals surface area contributed by atoms with E-state index >= 15 is 0 Å². The Kier molecular flexibility index (Phi) is 3.21. The Hall–Kier alpha value is -1.40. The first kappa shape index (κ1) is 11.1. The molecule has 1 aliphatic rings. The minimum atomic E-state index is -0.476. The number of aromatic nitrogens is 2. The molecule has 2 heterocycles. The van der Waals surface area contributed by atoms with Gasteiger partial charge in [-0.2, -0.15) is 0 Å². The van der Waals surface area contributed by atoms with E-state index in [0.717, 1.165) is 12.8 Å². The number of aromatic amines is 1. The Labute approximate surface area is 91.5 Å². The van der Waals surface area contributed by atoms with Gasteiger partial charge in [0, 0.05) is 12.3 Å². The molecule has 0 aromatic carbocycles. The molecule has 0 spiro atoms. The second-order valence-corrected chi connectivity index (χ2v) is 3.84. The number of hydrogen-bond acceptors (Lipinski definition) is 4. The predicted molar refractivity (Wildman–Crippen MR) is 56.2 cm³/mol. The second kappa shape index (κ2) is 4.63. The van der Waals surface area contributed by atoms with Crippen molar-refractivity contribution >= 4 is 0 Å². The third-order valence-electron chi connectivity index (χ3n) is 2.69. The van der Waals surface area contributed by atoms with Gasteiger partial charge in [0.1, 0.15) is 6.23 Å². The lowest BCUT2D eigenvalue weighted by atomic mass is 10.1. The molecular formula is C10H14N2O4. The van der Waals surface area contributed by atoms with Crippen LogP contribution in [0.15, 0.2) is 21.9 Å². The Balaban J connectivity index is 2.23. The predicted octanol–water partition coefficient (Wildman–Crippen LogP) is -0.403. The van der Waals surface area contributed by atoms with Gasteiger partial charge >= 0.3 is 5.69 Å². The van der Waals surface area contributed by atoms with Gasteiger partial charge in [-0.25, -0.2) is 4.79 Å². The molecule has 1 aromatic heterocycles. The zero-order valence-electron chi connectivity index (χ0n) is 8.76. The maximum atomic E-state index is 11.5. The zero-order chi connectivity index (χ0) is 11.5. The van der Waals surface area contributed by atoms with E-state index in [-0.39, 0.29) is 12.7 Å². The average molecular weight is 226 g/mol. The van der Waals surface area contributed by atoms with E-state index in [4.69, 9.17) is 9.84 Å². The maximum Gasteiger partial charge on any atom is 0.330 e. The molecule has 6 heteroatoms. The summed E-state index contributed by atoms with van der Waals surface area (Å²) in [7, 11) is 0. The highest BCUT2D eigenvalue weighted by molar-refractivity contribution is 4.85. The summed E-state index contributed by atoms with van der Waals surface area (Å²) in [6, 6.07) is 1.29. The Morgan fingerprint density at radius 3 is 3.00 bits per heavy atom. The average Bonchev–Trinajstić information content (AvgIpc) is 2.29. The van der Waals surface area contributed by atoms with Crippen molar-refractivity contribution < 1.29 is 9.84 Å². The van der Waals surface area contributed by atoms with Crippen molar-refractivity contribution in [2.75, 3.05) is 6.61 Å². The number of nitrogens with one attached hydrogen (secondary N) is 1. The molecule has 0 saturated carbocycles. The highest BCUT2D eigenvalue weighted by Crippen LogP contribution is 2.24. The van der Waals surface area contributed by atoms with Gasteiger partial charge in [0.25, 0.3) is 5.56 Å². The summed E-state index contributed by atoms with van der Waals surface area (Å²) in [6.45, 7) is -0.0470. The van der Waals surface area contributed by atoms with Gasteiger partial charge in [-0.05, 0) is 19.3 Å². The van der Waals surface area contributed by atoms with Crippen LogP contribution in [0.25, 0.3) is 0 Å². The van der Waals surface area contributed by atoms with Crippen LogP contribution in [-0.4, -0.2) is 27.4 Å². The van der Waals surface area contributed by atoms with Crippen LogP contribution in [0.2, 0.25) is 0 Å². The van der Waals surface area contributed by atoms with Crippen molar-refractivity contribution in [1.29, 1.82) is 0 Å². The molecule has 0 unspecified atom stereocenters. The smallest absolute Gasteiger partial charge is 0.330 e. The first-order valence-electron chi connectivity index (χ1n) is 5.28. The first-order chi connectivity index (χ1) is 7.70. The molecule has 1 saturated heterocycles. The van der Waals surface area contributed by atoms with Crippen molar-refractivity contribution in [1.82, 2.24) is 9.55 Å². The van der Waals surface area contributed by atoms with Crippen LogP contribution in [-0.2, 0) is 4.74 Å². The fourth-order valence-corrected chi connectivity index (χ4v) is 1.87. The summed E-state index contributed by atoms with van der Waals surface area (Å²) in [5.74, 6) is 0. The quantitative estimate of drug-likeness (QED) is 0.718. The molecule has 0 aliphatic carbocycles.